The monoisotopic (exact) mass is 324 g/mol. The molecule has 122 valence electrons. The van der Waals surface area contributed by atoms with Crippen LogP contribution in [0.4, 0.5) is 5.88 Å². The Morgan fingerprint density at radius 3 is 2.62 bits per heavy atom. The van der Waals surface area contributed by atoms with Gasteiger partial charge in [0.2, 0.25) is 5.88 Å². The third kappa shape index (κ3) is 3.24. The molecule has 24 heavy (non-hydrogen) atoms. The van der Waals surface area contributed by atoms with Crippen molar-refractivity contribution >= 4 is 11.8 Å². The molecular weight excluding hydrogens is 308 g/mol. The van der Waals surface area contributed by atoms with Crippen molar-refractivity contribution in [1.82, 2.24) is 14.9 Å². The summed E-state index contributed by atoms with van der Waals surface area (Å²) in [4.78, 5) is 24.4. The minimum Gasteiger partial charge on any atom is -0.338 e. The van der Waals surface area contributed by atoms with E-state index in [-0.39, 0.29) is 11.4 Å². The van der Waals surface area contributed by atoms with Crippen LogP contribution in [-0.2, 0) is 4.79 Å². The molecule has 1 atom stereocenters. The third-order valence-corrected chi connectivity index (χ3v) is 3.52. The summed E-state index contributed by atoms with van der Waals surface area (Å²) in [5, 5.41) is 10.6. The van der Waals surface area contributed by atoms with E-state index in [1.807, 2.05) is 30.3 Å². The molecule has 3 aromatic rings. The zero-order chi connectivity index (χ0) is 17.1. The quantitative estimate of drug-likeness (QED) is 0.796. The zero-order valence-corrected chi connectivity index (χ0v) is 13.3. The Balaban J connectivity index is 1.87. The highest BCUT2D eigenvalue weighted by Gasteiger charge is 2.19. The Hall–Kier alpha value is -3.22. The van der Waals surface area contributed by atoms with E-state index in [1.54, 1.807) is 26.0 Å². The number of rotatable bonds is 4. The summed E-state index contributed by atoms with van der Waals surface area (Å²) >= 11 is 0. The van der Waals surface area contributed by atoms with Gasteiger partial charge in [-0.25, -0.2) is 4.68 Å². The highest BCUT2D eigenvalue weighted by atomic mass is 16.5. The first-order chi connectivity index (χ1) is 11.5. The summed E-state index contributed by atoms with van der Waals surface area (Å²) in [6.45, 7) is 3.35. The third-order valence-electron chi connectivity index (χ3n) is 3.52. The SMILES string of the molecule is Cc1cc(NC(=O)C(C)n2nc(-c3ccccc3)ccc2=O)on1. The van der Waals surface area contributed by atoms with Crippen LogP contribution in [0.2, 0.25) is 0 Å². The second kappa shape index (κ2) is 6.49. The number of carbonyl (C=O) groups excluding carboxylic acids is 1. The molecule has 0 saturated carbocycles. The predicted molar refractivity (Wildman–Crippen MR) is 88.5 cm³/mol. The molecule has 2 heterocycles. The number of anilines is 1. The van der Waals surface area contributed by atoms with Crippen molar-refractivity contribution in [2.75, 3.05) is 5.32 Å². The number of amides is 1. The van der Waals surface area contributed by atoms with E-state index in [0.29, 0.717) is 11.4 Å². The maximum Gasteiger partial charge on any atom is 0.267 e. The van der Waals surface area contributed by atoms with Crippen LogP contribution in [0.5, 0.6) is 0 Å². The van der Waals surface area contributed by atoms with E-state index in [2.05, 4.69) is 15.6 Å². The average Bonchev–Trinajstić information content (AvgIpc) is 3.00. The highest BCUT2D eigenvalue weighted by molar-refractivity contribution is 5.92. The van der Waals surface area contributed by atoms with Gasteiger partial charge < -0.3 is 4.52 Å². The summed E-state index contributed by atoms with van der Waals surface area (Å²) in [6.07, 6.45) is 0. The molecule has 1 amide bonds. The number of nitrogens with one attached hydrogen (secondary N) is 1. The highest BCUT2D eigenvalue weighted by Crippen LogP contribution is 2.16. The summed E-state index contributed by atoms with van der Waals surface area (Å²) in [5.41, 5.74) is 1.78. The first-order valence-corrected chi connectivity index (χ1v) is 7.44. The predicted octanol–water partition coefficient (Wildman–Crippen LogP) is 2.41. The van der Waals surface area contributed by atoms with Gasteiger partial charge in [-0.1, -0.05) is 35.5 Å². The van der Waals surface area contributed by atoms with E-state index in [9.17, 15) is 9.59 Å². The summed E-state index contributed by atoms with van der Waals surface area (Å²) < 4.78 is 6.11. The summed E-state index contributed by atoms with van der Waals surface area (Å²) in [7, 11) is 0. The van der Waals surface area contributed by atoms with Crippen LogP contribution in [-0.4, -0.2) is 20.8 Å². The topological polar surface area (TPSA) is 90.0 Å². The Morgan fingerprint density at radius 1 is 1.21 bits per heavy atom. The molecule has 1 N–H and O–H groups in total. The molecule has 0 bridgehead atoms. The van der Waals surface area contributed by atoms with Gasteiger partial charge in [-0.05, 0) is 19.9 Å². The Labute approximate surface area is 137 Å². The van der Waals surface area contributed by atoms with Gasteiger partial charge in [-0.3, -0.25) is 14.9 Å². The van der Waals surface area contributed by atoms with E-state index in [1.165, 1.54) is 6.07 Å². The minimum absolute atomic E-state index is 0.233. The van der Waals surface area contributed by atoms with E-state index in [4.69, 9.17) is 4.52 Å². The molecule has 1 aromatic carbocycles. The molecule has 0 aliphatic heterocycles. The molecule has 0 aliphatic rings. The Morgan fingerprint density at radius 2 is 1.96 bits per heavy atom. The Bertz CT molecular complexity index is 915. The molecule has 7 heteroatoms. The molecule has 3 rings (SSSR count). The lowest BCUT2D eigenvalue weighted by Crippen LogP contribution is -2.33. The molecule has 7 nitrogen and oxygen atoms in total. The van der Waals surface area contributed by atoms with Crippen molar-refractivity contribution in [1.29, 1.82) is 0 Å². The largest absolute Gasteiger partial charge is 0.338 e. The van der Waals surface area contributed by atoms with Gasteiger partial charge in [0.15, 0.2) is 0 Å². The lowest BCUT2D eigenvalue weighted by molar-refractivity contribution is -0.119. The molecule has 0 saturated heterocycles. The van der Waals surface area contributed by atoms with Gasteiger partial charge in [0.05, 0.1) is 11.4 Å². The van der Waals surface area contributed by atoms with Crippen LogP contribution in [0.25, 0.3) is 11.3 Å². The van der Waals surface area contributed by atoms with Crippen molar-refractivity contribution in [2.45, 2.75) is 19.9 Å². The maximum absolute atomic E-state index is 12.3. The van der Waals surface area contributed by atoms with Gasteiger partial charge in [-0.2, -0.15) is 5.10 Å². The minimum atomic E-state index is -0.799. The van der Waals surface area contributed by atoms with Crippen LogP contribution in [0, 0.1) is 6.92 Å². The van der Waals surface area contributed by atoms with E-state index >= 15 is 0 Å². The smallest absolute Gasteiger partial charge is 0.267 e. The number of aromatic nitrogens is 3. The first kappa shape index (κ1) is 15.7. The van der Waals surface area contributed by atoms with Gasteiger partial charge in [0.1, 0.15) is 6.04 Å². The number of benzene rings is 1. The second-order valence-electron chi connectivity index (χ2n) is 5.37. The van der Waals surface area contributed by atoms with Crippen molar-refractivity contribution in [3.05, 3.63) is 64.6 Å². The van der Waals surface area contributed by atoms with Crippen LogP contribution in [0.15, 0.2) is 57.8 Å². The fourth-order valence-electron chi connectivity index (χ4n) is 2.23. The van der Waals surface area contributed by atoms with Gasteiger partial charge >= 0.3 is 0 Å². The van der Waals surface area contributed by atoms with Crippen molar-refractivity contribution in [3.8, 4) is 11.3 Å². The van der Waals surface area contributed by atoms with Crippen molar-refractivity contribution in [2.24, 2.45) is 0 Å². The number of aryl methyl sites for hydroxylation is 1. The van der Waals surface area contributed by atoms with Crippen molar-refractivity contribution in [3.63, 3.8) is 0 Å². The zero-order valence-electron chi connectivity index (χ0n) is 13.3. The van der Waals surface area contributed by atoms with Crippen molar-refractivity contribution < 1.29 is 9.32 Å². The number of hydrogen-bond donors (Lipinski definition) is 1. The Kier molecular flexibility index (Phi) is 4.24. The van der Waals surface area contributed by atoms with E-state index < -0.39 is 11.9 Å². The maximum atomic E-state index is 12.3. The molecule has 1 unspecified atom stereocenters. The van der Waals surface area contributed by atoms with Gasteiger partial charge in [-0.15, -0.1) is 0 Å². The summed E-state index contributed by atoms with van der Waals surface area (Å²) in [5.74, 6) is -0.178. The fraction of sp³-hybridized carbons (Fsp3) is 0.176. The van der Waals surface area contributed by atoms with Crippen LogP contribution in [0.3, 0.4) is 0 Å². The number of carbonyl (C=O) groups is 1. The summed E-state index contributed by atoms with van der Waals surface area (Å²) in [6, 6.07) is 13.3. The first-order valence-electron chi connectivity index (χ1n) is 7.44. The number of hydrogen-bond acceptors (Lipinski definition) is 5. The fourth-order valence-corrected chi connectivity index (χ4v) is 2.23. The normalized spacial score (nSPS) is 11.9. The van der Waals surface area contributed by atoms with E-state index in [0.717, 1.165) is 10.2 Å². The van der Waals surface area contributed by atoms with Gasteiger partial charge in [0.25, 0.3) is 11.5 Å². The average molecular weight is 324 g/mol. The number of nitrogens with zero attached hydrogens (tertiary/aromatic N) is 3. The van der Waals surface area contributed by atoms with Crippen LogP contribution >= 0.6 is 0 Å². The molecule has 2 aromatic heterocycles. The lowest BCUT2D eigenvalue weighted by Gasteiger charge is -2.13. The van der Waals surface area contributed by atoms with Crippen LogP contribution in [0.1, 0.15) is 18.7 Å². The van der Waals surface area contributed by atoms with Gasteiger partial charge in [0, 0.05) is 17.7 Å². The second-order valence-corrected chi connectivity index (χ2v) is 5.37. The standard InChI is InChI=1S/C17H16N4O3/c1-11-10-15(24-20-11)18-17(23)12(2)21-16(22)9-8-14(19-21)13-6-4-3-5-7-13/h3-10,12H,1-2H3,(H,18,23). The van der Waals surface area contributed by atoms with Crippen LogP contribution < -0.4 is 10.9 Å². The molecule has 0 radical (unpaired) electrons. The molecule has 0 fully saturated rings. The molecule has 0 aliphatic carbocycles. The molecule has 0 spiro atoms. The lowest BCUT2D eigenvalue weighted by atomic mass is 10.1. The molecular formula is C17H16N4O3.